The van der Waals surface area contributed by atoms with Gasteiger partial charge in [0.1, 0.15) is 5.52 Å². The van der Waals surface area contributed by atoms with Crippen molar-refractivity contribution in [1.82, 2.24) is 19.1 Å². The molecule has 0 saturated heterocycles. The number of hydrogen-bond donors (Lipinski definition) is 0. The molecule has 0 amide bonds. The zero-order chi connectivity index (χ0) is 19.0. The summed E-state index contributed by atoms with van der Waals surface area (Å²) in [5.74, 6) is 5.85. The van der Waals surface area contributed by atoms with Gasteiger partial charge in [0.25, 0.3) is 5.56 Å². The van der Waals surface area contributed by atoms with E-state index in [2.05, 4.69) is 49.9 Å². The van der Waals surface area contributed by atoms with E-state index in [1.807, 2.05) is 31.2 Å². The summed E-state index contributed by atoms with van der Waals surface area (Å²) < 4.78 is 4.08. The average Bonchev–Trinajstić information content (AvgIpc) is 2.98. The van der Waals surface area contributed by atoms with Gasteiger partial charge in [-0.05, 0) is 47.3 Å². The third-order valence-corrected chi connectivity index (χ3v) is 5.11. The van der Waals surface area contributed by atoms with E-state index >= 15 is 0 Å². The van der Waals surface area contributed by atoms with Gasteiger partial charge in [-0.1, -0.05) is 30.2 Å². The topological polar surface area (TPSA) is 52.7 Å². The van der Waals surface area contributed by atoms with Crippen molar-refractivity contribution in [2.45, 2.75) is 26.9 Å². The first-order valence-corrected chi connectivity index (χ1v) is 9.38. The van der Waals surface area contributed by atoms with Crippen LogP contribution in [0.3, 0.4) is 0 Å². The van der Waals surface area contributed by atoms with E-state index in [-0.39, 0.29) is 5.56 Å². The van der Waals surface area contributed by atoms with Gasteiger partial charge in [-0.3, -0.25) is 9.78 Å². The smallest absolute Gasteiger partial charge is 0.277 e. The molecule has 27 heavy (non-hydrogen) atoms. The molecule has 3 heterocycles. The Labute approximate surface area is 164 Å². The Bertz CT molecular complexity index is 1290. The number of halogens is 1. The summed E-state index contributed by atoms with van der Waals surface area (Å²) in [5.41, 5.74) is 2.91. The van der Waals surface area contributed by atoms with Crippen molar-refractivity contribution >= 4 is 37.7 Å². The fourth-order valence-electron chi connectivity index (χ4n) is 3.27. The van der Waals surface area contributed by atoms with Crippen LogP contribution in [0.2, 0.25) is 0 Å². The van der Waals surface area contributed by atoms with Gasteiger partial charge in [0.2, 0.25) is 0 Å². The SMILES string of the molecule is CC#CCn1c(Br)nc2ccn(Cc3nc(C)cc4ccccc34)c(=O)c21. The van der Waals surface area contributed by atoms with Crippen LogP contribution >= 0.6 is 15.9 Å². The predicted molar refractivity (Wildman–Crippen MR) is 111 cm³/mol. The van der Waals surface area contributed by atoms with Gasteiger partial charge in [-0.25, -0.2) is 4.98 Å². The molecule has 0 aliphatic heterocycles. The number of fused-ring (bicyclic) bond motifs is 2. The predicted octanol–water partition coefficient (Wildman–Crippen LogP) is 3.89. The van der Waals surface area contributed by atoms with Gasteiger partial charge in [0, 0.05) is 17.3 Å². The lowest BCUT2D eigenvalue weighted by Gasteiger charge is -2.10. The number of rotatable bonds is 3. The van der Waals surface area contributed by atoms with Gasteiger partial charge in [-0.15, -0.1) is 5.92 Å². The van der Waals surface area contributed by atoms with E-state index in [4.69, 9.17) is 0 Å². The van der Waals surface area contributed by atoms with Crippen LogP contribution in [0.1, 0.15) is 18.3 Å². The second-order valence-electron chi connectivity index (χ2n) is 6.31. The van der Waals surface area contributed by atoms with Crippen LogP contribution in [0.4, 0.5) is 0 Å². The maximum absolute atomic E-state index is 13.2. The Morgan fingerprint density at radius 2 is 2.00 bits per heavy atom. The van der Waals surface area contributed by atoms with Gasteiger partial charge in [-0.2, -0.15) is 0 Å². The molecule has 0 unspecified atom stereocenters. The number of nitrogens with zero attached hydrogens (tertiary/aromatic N) is 4. The molecule has 4 rings (SSSR count). The number of imidazole rings is 1. The van der Waals surface area contributed by atoms with Crippen molar-refractivity contribution in [3.8, 4) is 11.8 Å². The molecule has 0 saturated carbocycles. The first kappa shape index (κ1) is 17.5. The van der Waals surface area contributed by atoms with E-state index in [9.17, 15) is 4.79 Å². The molecule has 0 aliphatic rings. The first-order valence-electron chi connectivity index (χ1n) is 8.58. The lowest BCUT2D eigenvalue weighted by molar-refractivity contribution is 0.739. The molecule has 0 bridgehead atoms. The number of aryl methyl sites for hydroxylation is 1. The molecule has 1 aromatic carbocycles. The molecule has 0 radical (unpaired) electrons. The summed E-state index contributed by atoms with van der Waals surface area (Å²) >= 11 is 3.43. The standard InChI is InChI=1S/C21H17BrN4O/c1-3-4-10-26-19-17(24-21(26)22)9-11-25(20(19)27)13-18-16-8-6-5-7-15(16)12-14(2)23-18/h5-9,11-12H,10,13H2,1-2H3. The van der Waals surface area contributed by atoms with E-state index < -0.39 is 0 Å². The monoisotopic (exact) mass is 420 g/mol. The quantitative estimate of drug-likeness (QED) is 0.472. The minimum Gasteiger partial charge on any atom is -0.308 e. The van der Waals surface area contributed by atoms with Gasteiger partial charge < -0.3 is 9.13 Å². The highest BCUT2D eigenvalue weighted by molar-refractivity contribution is 9.10. The highest BCUT2D eigenvalue weighted by atomic mass is 79.9. The molecule has 3 aromatic heterocycles. The summed E-state index contributed by atoms with van der Waals surface area (Å²) in [4.78, 5) is 22.3. The average molecular weight is 421 g/mol. The number of aromatic nitrogens is 4. The Morgan fingerprint density at radius 3 is 2.81 bits per heavy atom. The van der Waals surface area contributed by atoms with Crippen molar-refractivity contribution in [3.63, 3.8) is 0 Å². The van der Waals surface area contributed by atoms with E-state index in [0.29, 0.717) is 28.9 Å². The summed E-state index contributed by atoms with van der Waals surface area (Å²) in [7, 11) is 0. The fourth-order valence-corrected chi connectivity index (χ4v) is 3.77. The molecule has 134 valence electrons. The highest BCUT2D eigenvalue weighted by Gasteiger charge is 2.14. The molecule has 0 aliphatic carbocycles. The van der Waals surface area contributed by atoms with Gasteiger partial charge >= 0.3 is 0 Å². The second kappa shape index (κ2) is 7.01. The molecule has 5 nitrogen and oxygen atoms in total. The highest BCUT2D eigenvalue weighted by Crippen LogP contribution is 2.20. The normalized spacial score (nSPS) is 10.9. The van der Waals surface area contributed by atoms with Crippen LogP contribution in [0, 0.1) is 18.8 Å². The van der Waals surface area contributed by atoms with Crippen LogP contribution in [0.15, 0.2) is 52.1 Å². The molecule has 0 N–H and O–H groups in total. The lowest BCUT2D eigenvalue weighted by atomic mass is 10.1. The van der Waals surface area contributed by atoms with Crippen molar-refractivity contribution < 1.29 is 0 Å². The maximum Gasteiger partial charge on any atom is 0.277 e. The minimum atomic E-state index is -0.101. The van der Waals surface area contributed by atoms with E-state index in [1.165, 1.54) is 0 Å². The maximum atomic E-state index is 13.2. The summed E-state index contributed by atoms with van der Waals surface area (Å²) in [6.07, 6.45) is 1.78. The number of pyridine rings is 2. The molecule has 0 fully saturated rings. The zero-order valence-electron chi connectivity index (χ0n) is 15.0. The van der Waals surface area contributed by atoms with Crippen LogP contribution in [-0.2, 0) is 13.1 Å². The Morgan fingerprint density at radius 1 is 1.19 bits per heavy atom. The van der Waals surface area contributed by atoms with E-state index in [0.717, 1.165) is 22.2 Å². The summed E-state index contributed by atoms with van der Waals surface area (Å²) in [6, 6.07) is 12.0. The third-order valence-electron chi connectivity index (χ3n) is 4.51. The molecular formula is C21H17BrN4O. The molecule has 0 atom stereocenters. The van der Waals surface area contributed by atoms with Crippen LogP contribution in [0.25, 0.3) is 21.8 Å². The summed E-state index contributed by atoms with van der Waals surface area (Å²) in [5, 5.41) is 2.18. The number of hydrogen-bond acceptors (Lipinski definition) is 3. The molecule has 0 spiro atoms. The van der Waals surface area contributed by atoms with Crippen molar-refractivity contribution in [1.29, 1.82) is 0 Å². The van der Waals surface area contributed by atoms with Crippen molar-refractivity contribution in [2.24, 2.45) is 0 Å². The Kier molecular flexibility index (Phi) is 4.54. The van der Waals surface area contributed by atoms with Gasteiger partial charge in [0.15, 0.2) is 4.73 Å². The largest absolute Gasteiger partial charge is 0.308 e. The first-order chi connectivity index (χ1) is 13.1. The van der Waals surface area contributed by atoms with E-state index in [1.54, 1.807) is 22.3 Å². The third kappa shape index (κ3) is 3.15. The Hall–Kier alpha value is -2.91. The van der Waals surface area contributed by atoms with Crippen molar-refractivity contribution in [2.75, 3.05) is 0 Å². The van der Waals surface area contributed by atoms with Gasteiger partial charge in [0.05, 0.1) is 24.3 Å². The Balaban J connectivity index is 1.87. The minimum absolute atomic E-state index is 0.101. The molecule has 4 aromatic rings. The van der Waals surface area contributed by atoms with Crippen LogP contribution in [0.5, 0.6) is 0 Å². The molecular weight excluding hydrogens is 404 g/mol. The van der Waals surface area contributed by atoms with Crippen molar-refractivity contribution in [3.05, 3.63) is 69.1 Å². The fraction of sp³-hybridized carbons (Fsp3) is 0.190. The zero-order valence-corrected chi connectivity index (χ0v) is 16.6. The number of benzene rings is 1. The second-order valence-corrected chi connectivity index (χ2v) is 7.02. The summed E-state index contributed by atoms with van der Waals surface area (Å²) in [6.45, 7) is 4.56. The lowest BCUT2D eigenvalue weighted by Crippen LogP contribution is -2.22. The van der Waals surface area contributed by atoms with Crippen LogP contribution < -0.4 is 5.56 Å². The van der Waals surface area contributed by atoms with Crippen LogP contribution in [-0.4, -0.2) is 19.1 Å². The molecule has 6 heteroatoms.